The van der Waals surface area contributed by atoms with E-state index in [9.17, 15) is 9.59 Å². The van der Waals surface area contributed by atoms with E-state index in [1.54, 1.807) is 23.8 Å². The lowest BCUT2D eigenvalue weighted by Crippen LogP contribution is -2.52. The maximum absolute atomic E-state index is 13.6. The highest BCUT2D eigenvalue weighted by Crippen LogP contribution is 2.21. The van der Waals surface area contributed by atoms with Crippen molar-refractivity contribution in [2.75, 3.05) is 12.9 Å². The van der Waals surface area contributed by atoms with Crippen molar-refractivity contribution in [1.29, 1.82) is 0 Å². The van der Waals surface area contributed by atoms with Crippen molar-refractivity contribution < 1.29 is 14.3 Å². The summed E-state index contributed by atoms with van der Waals surface area (Å²) in [6.45, 7) is 4.22. The second-order valence-electron chi connectivity index (χ2n) is 8.86. The molecule has 0 radical (unpaired) electrons. The molecule has 0 fully saturated rings. The quantitative estimate of drug-likeness (QED) is 0.297. The molecule has 5 nitrogen and oxygen atoms in total. The molecule has 0 heterocycles. The first-order chi connectivity index (χ1) is 17.4. The lowest BCUT2D eigenvalue weighted by atomic mass is 10.0. The Morgan fingerprint density at radius 2 is 1.64 bits per heavy atom. The van der Waals surface area contributed by atoms with Crippen LogP contribution in [0.5, 0.6) is 5.75 Å². The third kappa shape index (κ3) is 8.71. The minimum absolute atomic E-state index is 0.0250. The normalized spacial score (nSPS) is 11.7. The zero-order valence-corrected chi connectivity index (χ0v) is 23.3. The Hall–Kier alpha value is -2.77. The average molecular weight is 570 g/mol. The first kappa shape index (κ1) is 27.8. The van der Waals surface area contributed by atoms with Crippen molar-refractivity contribution in [1.82, 2.24) is 10.2 Å². The van der Waals surface area contributed by atoms with Crippen molar-refractivity contribution in [2.24, 2.45) is 0 Å². The number of hydrogen-bond donors (Lipinski definition) is 1. The largest absolute Gasteiger partial charge is 0.497 e. The summed E-state index contributed by atoms with van der Waals surface area (Å²) in [6, 6.07) is 24.9. The molecule has 190 valence electrons. The van der Waals surface area contributed by atoms with Gasteiger partial charge in [0.2, 0.25) is 11.8 Å². The van der Waals surface area contributed by atoms with Gasteiger partial charge in [-0.1, -0.05) is 70.5 Å². The smallest absolute Gasteiger partial charge is 0.243 e. The second-order valence-corrected chi connectivity index (χ2v) is 10.8. The molecule has 1 N–H and O–H groups in total. The summed E-state index contributed by atoms with van der Waals surface area (Å²) in [5, 5.41) is 3.03. The van der Waals surface area contributed by atoms with E-state index >= 15 is 0 Å². The van der Waals surface area contributed by atoms with Crippen LogP contribution in [-0.2, 0) is 28.3 Å². The number of carbonyl (C=O) groups excluding carboxylic acids is 2. The fraction of sp³-hybridized carbons (Fsp3) is 0.310. The zero-order chi connectivity index (χ0) is 25.9. The molecule has 1 atom stereocenters. The SMILES string of the molecule is COc1ccc(CSCC(=O)N(Cc2cccc(Br)c2)[C@@H](Cc2ccccc2)C(=O)NC(C)C)cc1. The van der Waals surface area contributed by atoms with Crippen molar-refractivity contribution in [3.8, 4) is 5.75 Å². The summed E-state index contributed by atoms with van der Waals surface area (Å²) >= 11 is 5.07. The van der Waals surface area contributed by atoms with E-state index in [2.05, 4.69) is 21.2 Å². The highest BCUT2D eigenvalue weighted by atomic mass is 79.9. The number of benzene rings is 3. The number of rotatable bonds is 12. The second kappa shape index (κ2) is 14.1. The fourth-order valence-corrected chi connectivity index (χ4v) is 5.14. The van der Waals surface area contributed by atoms with Crippen molar-refractivity contribution >= 4 is 39.5 Å². The van der Waals surface area contributed by atoms with E-state index in [-0.39, 0.29) is 23.6 Å². The minimum Gasteiger partial charge on any atom is -0.497 e. The molecule has 0 aliphatic rings. The number of hydrogen-bond acceptors (Lipinski definition) is 4. The number of nitrogens with zero attached hydrogens (tertiary/aromatic N) is 1. The molecule has 0 aliphatic heterocycles. The van der Waals surface area contributed by atoms with Crippen LogP contribution in [-0.4, -0.2) is 41.7 Å². The molecule has 0 aliphatic carbocycles. The number of ether oxygens (including phenoxy) is 1. The molecule has 0 bridgehead atoms. The summed E-state index contributed by atoms with van der Waals surface area (Å²) in [5.74, 6) is 1.58. The Morgan fingerprint density at radius 1 is 0.944 bits per heavy atom. The van der Waals surface area contributed by atoms with Crippen molar-refractivity contribution in [3.63, 3.8) is 0 Å². The number of amides is 2. The van der Waals surface area contributed by atoms with Gasteiger partial charge in [-0.25, -0.2) is 0 Å². The third-order valence-electron chi connectivity index (χ3n) is 5.60. The van der Waals surface area contributed by atoms with Gasteiger partial charge < -0.3 is 15.0 Å². The van der Waals surface area contributed by atoms with Crippen LogP contribution in [0.15, 0.2) is 83.3 Å². The van der Waals surface area contributed by atoms with Gasteiger partial charge in [0.25, 0.3) is 0 Å². The van der Waals surface area contributed by atoms with Crippen LogP contribution in [0, 0.1) is 0 Å². The predicted octanol–water partition coefficient (Wildman–Crippen LogP) is 5.86. The third-order valence-corrected chi connectivity index (χ3v) is 7.08. The molecular weight excluding hydrogens is 536 g/mol. The Labute approximate surface area is 226 Å². The van der Waals surface area contributed by atoms with Crippen LogP contribution in [0.3, 0.4) is 0 Å². The van der Waals surface area contributed by atoms with Crippen LogP contribution in [0.1, 0.15) is 30.5 Å². The first-order valence-electron chi connectivity index (χ1n) is 11.9. The van der Waals surface area contributed by atoms with Gasteiger partial charge in [-0.05, 0) is 54.8 Å². The van der Waals surface area contributed by atoms with E-state index in [1.807, 2.05) is 92.7 Å². The van der Waals surface area contributed by atoms with Crippen molar-refractivity contribution in [3.05, 3.63) is 100 Å². The molecule has 0 spiro atoms. The topological polar surface area (TPSA) is 58.6 Å². The first-order valence-corrected chi connectivity index (χ1v) is 13.9. The molecule has 7 heteroatoms. The standard InChI is InChI=1S/C29H33BrN2O3S/c1-21(2)31-29(34)27(17-22-8-5-4-6-9-22)32(18-24-10-7-11-25(30)16-24)28(33)20-36-19-23-12-14-26(35-3)15-13-23/h4-16,21,27H,17-20H2,1-3H3,(H,31,34)/t27-/m0/s1. The van der Waals surface area contributed by atoms with E-state index < -0.39 is 6.04 Å². The van der Waals surface area contributed by atoms with Crippen LogP contribution in [0.25, 0.3) is 0 Å². The van der Waals surface area contributed by atoms with Gasteiger partial charge in [0.1, 0.15) is 11.8 Å². The maximum Gasteiger partial charge on any atom is 0.243 e. The molecule has 36 heavy (non-hydrogen) atoms. The number of nitrogens with one attached hydrogen (secondary N) is 1. The van der Waals surface area contributed by atoms with Crippen LogP contribution in [0.2, 0.25) is 0 Å². The van der Waals surface area contributed by atoms with Gasteiger partial charge in [-0.15, -0.1) is 11.8 Å². The maximum atomic E-state index is 13.6. The molecule has 0 saturated heterocycles. The lowest BCUT2D eigenvalue weighted by Gasteiger charge is -2.32. The zero-order valence-electron chi connectivity index (χ0n) is 20.9. The van der Waals surface area contributed by atoms with Crippen LogP contribution >= 0.6 is 27.7 Å². The van der Waals surface area contributed by atoms with Crippen LogP contribution in [0.4, 0.5) is 0 Å². The van der Waals surface area contributed by atoms with E-state index in [1.165, 1.54) is 0 Å². The van der Waals surface area contributed by atoms with Gasteiger partial charge in [0.15, 0.2) is 0 Å². The molecule has 2 amide bonds. The van der Waals surface area contributed by atoms with Crippen LogP contribution < -0.4 is 10.1 Å². The van der Waals surface area contributed by atoms with Gasteiger partial charge in [-0.3, -0.25) is 9.59 Å². The Balaban J connectivity index is 1.82. The average Bonchev–Trinajstić information content (AvgIpc) is 2.86. The van der Waals surface area contributed by atoms with Gasteiger partial charge in [-0.2, -0.15) is 0 Å². The Bertz CT molecular complexity index is 1120. The molecule has 3 aromatic rings. The van der Waals surface area contributed by atoms with E-state index in [0.717, 1.165) is 26.9 Å². The summed E-state index contributed by atoms with van der Waals surface area (Å²) in [5.41, 5.74) is 3.10. The molecule has 3 aromatic carbocycles. The van der Waals surface area contributed by atoms with Gasteiger partial charge in [0.05, 0.1) is 12.9 Å². The molecule has 0 saturated carbocycles. The molecular formula is C29H33BrN2O3S. The summed E-state index contributed by atoms with van der Waals surface area (Å²) in [4.78, 5) is 28.8. The number of thioether (sulfide) groups is 1. The number of carbonyl (C=O) groups is 2. The molecule has 0 aromatic heterocycles. The highest BCUT2D eigenvalue weighted by molar-refractivity contribution is 9.10. The van der Waals surface area contributed by atoms with E-state index in [4.69, 9.17) is 4.74 Å². The Kier molecular flexibility index (Phi) is 10.9. The predicted molar refractivity (Wildman–Crippen MR) is 151 cm³/mol. The monoisotopic (exact) mass is 568 g/mol. The molecule has 0 unspecified atom stereocenters. The fourth-order valence-electron chi connectivity index (χ4n) is 3.83. The van der Waals surface area contributed by atoms with Gasteiger partial charge >= 0.3 is 0 Å². The van der Waals surface area contributed by atoms with Gasteiger partial charge in [0, 0.05) is 29.2 Å². The molecule has 3 rings (SSSR count). The highest BCUT2D eigenvalue weighted by Gasteiger charge is 2.30. The van der Waals surface area contributed by atoms with Crippen molar-refractivity contribution in [2.45, 2.75) is 44.6 Å². The minimum atomic E-state index is -0.622. The summed E-state index contributed by atoms with van der Waals surface area (Å²) in [6.07, 6.45) is 0.447. The summed E-state index contributed by atoms with van der Waals surface area (Å²) < 4.78 is 6.16. The van der Waals surface area contributed by atoms with E-state index in [0.29, 0.717) is 18.7 Å². The number of halogens is 1. The Morgan fingerprint density at radius 3 is 2.28 bits per heavy atom. The summed E-state index contributed by atoms with van der Waals surface area (Å²) in [7, 11) is 1.64. The lowest BCUT2D eigenvalue weighted by molar-refractivity contribution is -0.139. The number of methoxy groups -OCH3 is 1.